The first-order valence-electron chi connectivity index (χ1n) is 2.99. The molecule has 0 unspecified atom stereocenters. The molecule has 1 heterocycles. The average molecular weight is 210 g/mol. The second kappa shape index (κ2) is 3.28. The lowest BCUT2D eigenvalue weighted by Crippen LogP contribution is -1.98. The highest BCUT2D eigenvalue weighted by atomic mass is 35.5. The maximum Gasteiger partial charge on any atom is 0.344 e. The third-order valence-corrected chi connectivity index (χ3v) is 1.73. The van der Waals surface area contributed by atoms with Crippen molar-refractivity contribution in [2.75, 3.05) is 0 Å². The summed E-state index contributed by atoms with van der Waals surface area (Å²) in [4.78, 5) is 8.94. The first kappa shape index (κ1) is 9.28. The Hall–Kier alpha value is -0.810. The lowest BCUT2D eigenvalue weighted by atomic mass is 10.5. The predicted molar refractivity (Wildman–Crippen MR) is 44.3 cm³/mol. The van der Waals surface area contributed by atoms with Crippen molar-refractivity contribution >= 4 is 29.0 Å². The molecule has 0 atom stereocenters. The zero-order chi connectivity index (χ0) is 9.30. The normalized spacial score (nSPS) is 10.7. The molecule has 0 amide bonds. The van der Waals surface area contributed by atoms with Gasteiger partial charge in [0.05, 0.1) is 6.07 Å². The van der Waals surface area contributed by atoms with E-state index in [1.54, 1.807) is 0 Å². The van der Waals surface area contributed by atoms with Gasteiger partial charge < -0.3 is 10.1 Å². The maximum atomic E-state index is 10.3. The Morgan fingerprint density at radius 2 is 2.33 bits per heavy atom. The Balaban J connectivity index is 3.09. The maximum absolute atomic E-state index is 10.3. The number of alkyl halides is 2. The van der Waals surface area contributed by atoms with Gasteiger partial charge in [-0.15, -0.1) is 4.68 Å². The first-order chi connectivity index (χ1) is 5.52. The Bertz CT molecular complexity index is 310. The molecule has 1 rings (SSSR count). The van der Waals surface area contributed by atoms with Crippen molar-refractivity contribution in [3.63, 3.8) is 0 Å². The molecule has 0 aliphatic carbocycles. The quantitative estimate of drug-likeness (QED) is 0.424. The molecule has 66 valence electrons. The summed E-state index contributed by atoms with van der Waals surface area (Å²) in [5.74, 6) is -0.128. The van der Waals surface area contributed by atoms with Crippen LogP contribution in [0.5, 0.6) is 0 Å². The second-order valence-corrected chi connectivity index (χ2v) is 3.21. The molecule has 0 saturated carbocycles. The Morgan fingerprint density at radius 1 is 1.75 bits per heavy atom. The van der Waals surface area contributed by atoms with Gasteiger partial charge >= 0.3 is 5.82 Å². The van der Waals surface area contributed by atoms with Crippen LogP contribution in [-0.2, 0) is 7.05 Å². The molecule has 5 nitrogen and oxygen atoms in total. The van der Waals surface area contributed by atoms with E-state index in [2.05, 4.69) is 5.10 Å². The minimum atomic E-state index is -0.829. The third kappa shape index (κ3) is 1.67. The third-order valence-electron chi connectivity index (χ3n) is 1.28. The van der Waals surface area contributed by atoms with Gasteiger partial charge in [0.2, 0.25) is 0 Å². The van der Waals surface area contributed by atoms with Gasteiger partial charge in [-0.3, -0.25) is 0 Å². The summed E-state index contributed by atoms with van der Waals surface area (Å²) < 4.78 is 1.12. The SMILES string of the molecule is Cn1nc(C(Cl)Cl)cc1[N+](=O)[O-]. The zero-order valence-corrected chi connectivity index (χ0v) is 7.58. The molecule has 7 heteroatoms. The van der Waals surface area contributed by atoms with Crippen LogP contribution in [-0.4, -0.2) is 14.7 Å². The van der Waals surface area contributed by atoms with Crippen molar-refractivity contribution in [1.29, 1.82) is 0 Å². The average Bonchev–Trinajstić information content (AvgIpc) is 2.30. The van der Waals surface area contributed by atoms with E-state index in [9.17, 15) is 10.1 Å². The van der Waals surface area contributed by atoms with E-state index < -0.39 is 9.76 Å². The summed E-state index contributed by atoms with van der Waals surface area (Å²) in [6, 6.07) is 1.24. The largest absolute Gasteiger partial charge is 0.358 e. The molecule has 0 N–H and O–H groups in total. The van der Waals surface area contributed by atoms with E-state index in [1.807, 2.05) is 0 Å². The number of halogens is 2. The summed E-state index contributed by atoms with van der Waals surface area (Å²) in [6.07, 6.45) is 0. The van der Waals surface area contributed by atoms with Crippen LogP contribution in [0.4, 0.5) is 5.82 Å². The number of aryl methyl sites for hydroxylation is 1. The van der Waals surface area contributed by atoms with Gasteiger partial charge in [0.25, 0.3) is 0 Å². The van der Waals surface area contributed by atoms with Gasteiger partial charge in [0.1, 0.15) is 12.7 Å². The van der Waals surface area contributed by atoms with Crippen LogP contribution in [0.1, 0.15) is 10.5 Å². The number of nitro groups is 1. The van der Waals surface area contributed by atoms with E-state index in [0.29, 0.717) is 0 Å². The van der Waals surface area contributed by atoms with Crippen LogP contribution in [0.15, 0.2) is 6.07 Å². The summed E-state index contributed by atoms with van der Waals surface area (Å²) in [5.41, 5.74) is 0.285. The fourth-order valence-electron chi connectivity index (χ4n) is 0.756. The standard InChI is InChI=1S/C5H5Cl2N3O2/c1-9-4(10(11)12)2-3(8-9)5(6)7/h2,5H,1H3. The first-order valence-corrected chi connectivity index (χ1v) is 3.86. The molecule has 0 spiro atoms. The molecular formula is C5H5Cl2N3O2. The molecule has 1 aromatic heterocycles. The molecule has 1 aromatic rings. The van der Waals surface area contributed by atoms with Gasteiger partial charge in [0, 0.05) is 0 Å². The number of nitrogens with zero attached hydrogens (tertiary/aromatic N) is 3. The van der Waals surface area contributed by atoms with Crippen LogP contribution < -0.4 is 0 Å². The van der Waals surface area contributed by atoms with Gasteiger partial charge in [0.15, 0.2) is 4.84 Å². The van der Waals surface area contributed by atoms with Gasteiger partial charge in [-0.1, -0.05) is 28.3 Å². The summed E-state index contributed by atoms with van der Waals surface area (Å²) in [6.45, 7) is 0. The van der Waals surface area contributed by atoms with Gasteiger partial charge in [-0.05, 0) is 4.92 Å². The number of hydrogen-bond acceptors (Lipinski definition) is 3. The molecule has 12 heavy (non-hydrogen) atoms. The van der Waals surface area contributed by atoms with Gasteiger partial charge in [-0.25, -0.2) is 0 Å². The van der Waals surface area contributed by atoms with Crippen molar-refractivity contribution in [2.24, 2.45) is 7.05 Å². The van der Waals surface area contributed by atoms with Crippen molar-refractivity contribution in [2.45, 2.75) is 4.84 Å². The Labute approximate surface area is 78.0 Å². The van der Waals surface area contributed by atoms with E-state index in [4.69, 9.17) is 23.2 Å². The highest BCUT2D eigenvalue weighted by Crippen LogP contribution is 2.25. The van der Waals surface area contributed by atoms with Crippen LogP contribution >= 0.6 is 23.2 Å². The fourth-order valence-corrected chi connectivity index (χ4v) is 0.970. The van der Waals surface area contributed by atoms with E-state index in [0.717, 1.165) is 4.68 Å². The smallest absolute Gasteiger partial charge is 0.344 e. The Morgan fingerprint density at radius 3 is 2.58 bits per heavy atom. The monoisotopic (exact) mass is 209 g/mol. The molecule has 0 aliphatic rings. The van der Waals surface area contributed by atoms with Crippen LogP contribution in [0, 0.1) is 10.1 Å². The molecule has 0 aliphatic heterocycles. The lowest BCUT2D eigenvalue weighted by Gasteiger charge is -1.89. The second-order valence-electron chi connectivity index (χ2n) is 2.11. The van der Waals surface area contributed by atoms with E-state index in [-0.39, 0.29) is 11.5 Å². The minimum Gasteiger partial charge on any atom is -0.358 e. The van der Waals surface area contributed by atoms with Crippen molar-refractivity contribution in [1.82, 2.24) is 9.78 Å². The van der Waals surface area contributed by atoms with E-state index >= 15 is 0 Å². The predicted octanol–water partition coefficient (Wildman–Crippen LogP) is 1.80. The number of aromatic nitrogens is 2. The lowest BCUT2D eigenvalue weighted by molar-refractivity contribution is -0.392. The topological polar surface area (TPSA) is 61.0 Å². The highest BCUT2D eigenvalue weighted by Gasteiger charge is 2.18. The highest BCUT2D eigenvalue weighted by molar-refractivity contribution is 6.43. The number of rotatable bonds is 2. The fraction of sp³-hybridized carbons (Fsp3) is 0.400. The summed E-state index contributed by atoms with van der Waals surface area (Å²) >= 11 is 10.9. The van der Waals surface area contributed by atoms with Crippen molar-refractivity contribution in [3.8, 4) is 0 Å². The molecule has 0 fully saturated rings. The molecular weight excluding hydrogens is 205 g/mol. The van der Waals surface area contributed by atoms with E-state index in [1.165, 1.54) is 13.1 Å². The molecule has 0 radical (unpaired) electrons. The zero-order valence-electron chi connectivity index (χ0n) is 6.07. The summed E-state index contributed by atoms with van der Waals surface area (Å²) in [5, 5.41) is 14.1. The molecule has 0 bridgehead atoms. The summed E-state index contributed by atoms with van der Waals surface area (Å²) in [7, 11) is 1.46. The molecule has 0 aromatic carbocycles. The Kier molecular flexibility index (Phi) is 2.54. The number of hydrogen-bond donors (Lipinski definition) is 0. The van der Waals surface area contributed by atoms with Gasteiger partial charge in [-0.2, -0.15) is 0 Å². The minimum absolute atomic E-state index is 0.128. The van der Waals surface area contributed by atoms with Crippen LogP contribution in [0.25, 0.3) is 0 Å². The van der Waals surface area contributed by atoms with Crippen LogP contribution in [0.2, 0.25) is 0 Å². The molecule has 0 saturated heterocycles. The van der Waals surface area contributed by atoms with Crippen molar-refractivity contribution in [3.05, 3.63) is 21.9 Å². The van der Waals surface area contributed by atoms with Crippen molar-refractivity contribution < 1.29 is 4.92 Å². The van der Waals surface area contributed by atoms with Crippen LogP contribution in [0.3, 0.4) is 0 Å².